The van der Waals surface area contributed by atoms with E-state index in [4.69, 9.17) is 5.11 Å². The Hall–Kier alpha value is -1.56. The lowest BCUT2D eigenvalue weighted by atomic mass is 9.94. The van der Waals surface area contributed by atoms with E-state index < -0.39 is 17.6 Å². The van der Waals surface area contributed by atoms with Crippen LogP contribution < -0.4 is 10.6 Å². The molecule has 6 heteroatoms. The number of rotatable bonds is 5. The van der Waals surface area contributed by atoms with Crippen LogP contribution in [0, 0.1) is 5.92 Å². The summed E-state index contributed by atoms with van der Waals surface area (Å²) in [4.78, 5) is 22.0. The summed E-state index contributed by atoms with van der Waals surface area (Å²) >= 11 is 0. The van der Waals surface area contributed by atoms with Gasteiger partial charge in [0.05, 0.1) is 6.54 Å². The highest BCUT2D eigenvalue weighted by Gasteiger charge is 2.30. The second kappa shape index (κ2) is 6.39. The zero-order valence-electron chi connectivity index (χ0n) is 10.5. The van der Waals surface area contributed by atoms with E-state index in [0.717, 1.165) is 26.2 Å². The summed E-state index contributed by atoms with van der Waals surface area (Å²) in [5.41, 5.74) is -1.94. The maximum absolute atomic E-state index is 11.4. The quantitative estimate of drug-likeness (QED) is 0.538. The first-order valence-corrected chi connectivity index (χ1v) is 6.04. The maximum atomic E-state index is 11.4. The number of allylic oxidation sites excluding steroid dienone is 2. The minimum atomic E-state index is -1.94. The second-order valence-corrected chi connectivity index (χ2v) is 4.79. The minimum Gasteiger partial charge on any atom is -0.479 e. The molecule has 2 amide bonds. The van der Waals surface area contributed by atoms with E-state index in [1.165, 1.54) is 0 Å². The summed E-state index contributed by atoms with van der Waals surface area (Å²) in [5, 5.41) is 23.1. The van der Waals surface area contributed by atoms with Gasteiger partial charge in [-0.2, -0.15) is 0 Å². The van der Waals surface area contributed by atoms with Crippen molar-refractivity contribution in [1.82, 2.24) is 10.6 Å². The van der Waals surface area contributed by atoms with Crippen molar-refractivity contribution in [3.05, 3.63) is 12.2 Å². The average Bonchev–Trinajstić information content (AvgIpc) is 2.35. The van der Waals surface area contributed by atoms with Crippen molar-refractivity contribution in [3.8, 4) is 0 Å². The first-order chi connectivity index (χ1) is 8.42. The molecular weight excluding hydrogens is 236 g/mol. The third kappa shape index (κ3) is 4.75. The largest absolute Gasteiger partial charge is 0.479 e. The second-order valence-electron chi connectivity index (χ2n) is 4.79. The summed E-state index contributed by atoms with van der Waals surface area (Å²) in [6.07, 6.45) is 7.25. The van der Waals surface area contributed by atoms with E-state index in [1.807, 2.05) is 0 Å². The summed E-state index contributed by atoms with van der Waals surface area (Å²) in [6, 6.07) is -0.453. The third-order valence-corrected chi connectivity index (χ3v) is 2.98. The van der Waals surface area contributed by atoms with Crippen molar-refractivity contribution in [3.63, 3.8) is 0 Å². The van der Waals surface area contributed by atoms with E-state index in [2.05, 4.69) is 22.8 Å². The number of carbonyl (C=O) groups is 2. The minimum absolute atomic E-state index is 0.321. The van der Waals surface area contributed by atoms with E-state index in [1.54, 1.807) is 0 Å². The van der Waals surface area contributed by atoms with Gasteiger partial charge in [0.15, 0.2) is 5.60 Å². The molecule has 102 valence electrons. The van der Waals surface area contributed by atoms with Gasteiger partial charge in [-0.1, -0.05) is 12.2 Å². The topological polar surface area (TPSA) is 98.7 Å². The molecule has 0 bridgehead atoms. The Kier molecular flexibility index (Phi) is 5.15. The van der Waals surface area contributed by atoms with Crippen LogP contribution in [0.2, 0.25) is 0 Å². The Morgan fingerprint density at radius 1 is 1.39 bits per heavy atom. The van der Waals surface area contributed by atoms with Gasteiger partial charge in [0.25, 0.3) is 0 Å². The fourth-order valence-corrected chi connectivity index (χ4v) is 1.67. The van der Waals surface area contributed by atoms with Gasteiger partial charge in [-0.25, -0.2) is 9.59 Å². The molecule has 0 spiro atoms. The van der Waals surface area contributed by atoms with Gasteiger partial charge in [0.2, 0.25) is 0 Å². The number of urea groups is 1. The number of nitrogens with one attached hydrogen (secondary N) is 2. The zero-order valence-corrected chi connectivity index (χ0v) is 10.5. The Bertz CT molecular complexity index is 339. The van der Waals surface area contributed by atoms with Crippen molar-refractivity contribution >= 4 is 12.0 Å². The molecule has 0 radical (unpaired) electrons. The van der Waals surface area contributed by atoms with Crippen molar-refractivity contribution in [1.29, 1.82) is 0 Å². The number of amides is 2. The SMILES string of the molecule is CC(O)(CNC(=O)NCC1CC=CCC1)C(=O)O. The highest BCUT2D eigenvalue weighted by molar-refractivity contribution is 5.79. The normalized spacial score (nSPS) is 22.0. The van der Waals surface area contributed by atoms with Gasteiger partial charge < -0.3 is 20.8 Å². The molecule has 0 aromatic carbocycles. The van der Waals surface area contributed by atoms with Crippen LogP contribution in [0.25, 0.3) is 0 Å². The molecule has 0 heterocycles. The van der Waals surface area contributed by atoms with Gasteiger partial charge in [0.1, 0.15) is 0 Å². The molecule has 1 aliphatic carbocycles. The van der Waals surface area contributed by atoms with E-state index in [-0.39, 0.29) is 6.54 Å². The lowest BCUT2D eigenvalue weighted by molar-refractivity contribution is -0.155. The lowest BCUT2D eigenvalue weighted by Gasteiger charge is -2.20. The van der Waals surface area contributed by atoms with Gasteiger partial charge in [-0.3, -0.25) is 0 Å². The summed E-state index contributed by atoms with van der Waals surface area (Å²) in [6.45, 7) is 1.38. The number of aliphatic carboxylic acids is 1. The van der Waals surface area contributed by atoms with Crippen LogP contribution in [0.4, 0.5) is 4.79 Å². The molecule has 1 rings (SSSR count). The van der Waals surface area contributed by atoms with Gasteiger partial charge in [-0.15, -0.1) is 0 Å². The predicted octanol–water partition coefficient (Wildman–Crippen LogP) is 0.477. The Balaban J connectivity index is 2.21. The van der Waals surface area contributed by atoms with Crippen LogP contribution in [0.5, 0.6) is 0 Å². The Labute approximate surface area is 106 Å². The Morgan fingerprint density at radius 3 is 2.67 bits per heavy atom. The highest BCUT2D eigenvalue weighted by atomic mass is 16.4. The molecule has 2 unspecified atom stereocenters. The molecule has 4 N–H and O–H groups in total. The summed E-state index contributed by atoms with van der Waals surface area (Å²) < 4.78 is 0. The lowest BCUT2D eigenvalue weighted by Crippen LogP contribution is -2.49. The molecule has 2 atom stereocenters. The van der Waals surface area contributed by atoms with E-state index in [0.29, 0.717) is 12.5 Å². The average molecular weight is 256 g/mol. The molecule has 0 aromatic heterocycles. The maximum Gasteiger partial charge on any atom is 0.337 e. The number of carboxylic acids is 1. The predicted molar refractivity (Wildman–Crippen MR) is 66.1 cm³/mol. The van der Waals surface area contributed by atoms with Crippen LogP contribution >= 0.6 is 0 Å². The standard InChI is InChI=1S/C12H20N2O4/c1-12(18,10(15)16)8-14-11(17)13-7-9-5-3-2-4-6-9/h2-3,9,18H,4-8H2,1H3,(H,15,16)(H2,13,14,17). The van der Waals surface area contributed by atoms with Crippen LogP contribution in [-0.2, 0) is 4.79 Å². The molecule has 0 saturated carbocycles. The van der Waals surface area contributed by atoms with Gasteiger partial charge in [-0.05, 0) is 32.1 Å². The molecule has 0 aliphatic heterocycles. The molecule has 0 fully saturated rings. The number of carboxylic acid groups (broad SMARTS) is 1. The molecule has 6 nitrogen and oxygen atoms in total. The van der Waals surface area contributed by atoms with Crippen LogP contribution in [0.1, 0.15) is 26.2 Å². The monoisotopic (exact) mass is 256 g/mol. The third-order valence-electron chi connectivity index (χ3n) is 2.98. The van der Waals surface area contributed by atoms with Gasteiger partial charge in [0, 0.05) is 6.54 Å². The van der Waals surface area contributed by atoms with E-state index in [9.17, 15) is 14.7 Å². The number of carbonyl (C=O) groups excluding carboxylic acids is 1. The zero-order chi connectivity index (χ0) is 13.6. The van der Waals surface area contributed by atoms with Crippen molar-refractivity contribution in [2.24, 2.45) is 5.92 Å². The molecule has 0 saturated heterocycles. The van der Waals surface area contributed by atoms with Crippen LogP contribution in [0.3, 0.4) is 0 Å². The summed E-state index contributed by atoms with van der Waals surface area (Å²) in [5.74, 6) is -0.930. The van der Waals surface area contributed by atoms with Crippen LogP contribution in [-0.4, -0.2) is 40.9 Å². The van der Waals surface area contributed by atoms with Crippen LogP contribution in [0.15, 0.2) is 12.2 Å². The van der Waals surface area contributed by atoms with Crippen molar-refractivity contribution in [2.45, 2.75) is 31.8 Å². The Morgan fingerprint density at radius 2 is 2.11 bits per heavy atom. The molecule has 0 aromatic rings. The number of hydrogen-bond donors (Lipinski definition) is 4. The number of aliphatic hydroxyl groups is 1. The highest BCUT2D eigenvalue weighted by Crippen LogP contribution is 2.16. The number of hydrogen-bond acceptors (Lipinski definition) is 3. The molecule has 18 heavy (non-hydrogen) atoms. The van der Waals surface area contributed by atoms with Gasteiger partial charge >= 0.3 is 12.0 Å². The first-order valence-electron chi connectivity index (χ1n) is 6.04. The van der Waals surface area contributed by atoms with Crippen molar-refractivity contribution in [2.75, 3.05) is 13.1 Å². The van der Waals surface area contributed by atoms with E-state index >= 15 is 0 Å². The smallest absolute Gasteiger partial charge is 0.337 e. The fraction of sp³-hybridized carbons (Fsp3) is 0.667. The molecule has 1 aliphatic rings. The summed E-state index contributed by atoms with van der Waals surface area (Å²) in [7, 11) is 0. The first kappa shape index (κ1) is 14.5. The fourth-order valence-electron chi connectivity index (χ4n) is 1.67. The molecular formula is C12H20N2O4. The van der Waals surface area contributed by atoms with Crippen molar-refractivity contribution < 1.29 is 19.8 Å².